The second kappa shape index (κ2) is 5.95. The fourth-order valence-electron chi connectivity index (χ4n) is 2.48. The van der Waals surface area contributed by atoms with Crippen molar-refractivity contribution < 1.29 is 0 Å². The smallest absolute Gasteiger partial charge is 0.138 e. The van der Waals surface area contributed by atoms with E-state index in [1.807, 2.05) is 13.1 Å². The molecule has 2 N–H and O–H groups in total. The maximum absolute atomic E-state index is 4.69. The molecule has 2 heterocycles. The lowest BCUT2D eigenvalue weighted by atomic mass is 9.96. The zero-order valence-electron chi connectivity index (χ0n) is 13.3. The normalized spacial score (nSPS) is 20.8. The molecule has 1 unspecified atom stereocenters. The van der Waals surface area contributed by atoms with Crippen molar-refractivity contribution >= 4 is 11.6 Å². The van der Waals surface area contributed by atoms with Crippen LogP contribution in [0.2, 0.25) is 0 Å². The Morgan fingerprint density at radius 2 is 1.95 bits per heavy atom. The average Bonchev–Trinajstić information content (AvgIpc) is 2.37. The molecule has 1 aromatic rings. The number of nitrogens with zero attached hydrogens (tertiary/aromatic N) is 3. The zero-order valence-corrected chi connectivity index (χ0v) is 13.3. The van der Waals surface area contributed by atoms with E-state index in [2.05, 4.69) is 48.3 Å². The first kappa shape index (κ1) is 15.0. The van der Waals surface area contributed by atoms with Gasteiger partial charge in [0.15, 0.2) is 0 Å². The zero-order chi connectivity index (χ0) is 14.8. The number of likely N-dealkylation sites (N-methyl/N-ethyl adjacent to an activating group) is 1. The van der Waals surface area contributed by atoms with Crippen molar-refractivity contribution in [3.8, 4) is 0 Å². The number of hydrogen-bond acceptors (Lipinski definition) is 5. The van der Waals surface area contributed by atoms with Gasteiger partial charge in [-0.15, -0.1) is 0 Å². The summed E-state index contributed by atoms with van der Waals surface area (Å²) in [4.78, 5) is 11.6. The molecule has 5 nitrogen and oxygen atoms in total. The van der Waals surface area contributed by atoms with Crippen LogP contribution in [0.5, 0.6) is 0 Å². The van der Waals surface area contributed by atoms with E-state index in [9.17, 15) is 0 Å². The van der Waals surface area contributed by atoms with Crippen molar-refractivity contribution in [1.82, 2.24) is 14.9 Å². The summed E-state index contributed by atoms with van der Waals surface area (Å²) >= 11 is 0. The van der Waals surface area contributed by atoms with Crippen molar-refractivity contribution in [3.63, 3.8) is 0 Å². The lowest BCUT2D eigenvalue weighted by Gasteiger charge is -2.31. The van der Waals surface area contributed by atoms with E-state index in [0.29, 0.717) is 6.04 Å². The Labute approximate surface area is 122 Å². The Bertz CT molecular complexity index is 452. The standard InChI is InChI=1S/C15H27N5/c1-15(2,3)14-18-12(16-4)9-13(19-14)17-11-7-6-8-20(5)10-11/h9,11H,6-8,10H2,1-5H3,(H2,16,17,18,19). The van der Waals surface area contributed by atoms with Gasteiger partial charge in [0, 0.05) is 31.1 Å². The summed E-state index contributed by atoms with van der Waals surface area (Å²) in [6.07, 6.45) is 2.44. The lowest BCUT2D eigenvalue weighted by Crippen LogP contribution is -2.40. The average molecular weight is 277 g/mol. The molecule has 112 valence electrons. The summed E-state index contributed by atoms with van der Waals surface area (Å²) in [6.45, 7) is 8.68. The molecule has 0 amide bonds. The highest BCUT2D eigenvalue weighted by Crippen LogP contribution is 2.23. The van der Waals surface area contributed by atoms with E-state index >= 15 is 0 Å². The highest BCUT2D eigenvalue weighted by molar-refractivity contribution is 5.48. The molecule has 0 spiro atoms. The number of likely N-dealkylation sites (tertiary alicyclic amines) is 1. The molecule has 0 radical (unpaired) electrons. The molecule has 2 rings (SSSR count). The van der Waals surface area contributed by atoms with Crippen molar-refractivity contribution in [1.29, 1.82) is 0 Å². The van der Waals surface area contributed by atoms with E-state index in [1.165, 1.54) is 19.4 Å². The summed E-state index contributed by atoms with van der Waals surface area (Å²) in [7, 11) is 4.07. The third-order valence-corrected chi connectivity index (χ3v) is 3.63. The van der Waals surface area contributed by atoms with Gasteiger partial charge in [-0.25, -0.2) is 9.97 Å². The molecule has 1 atom stereocenters. The van der Waals surface area contributed by atoms with Gasteiger partial charge < -0.3 is 15.5 Å². The van der Waals surface area contributed by atoms with Gasteiger partial charge in [-0.2, -0.15) is 0 Å². The number of rotatable bonds is 3. The highest BCUT2D eigenvalue weighted by Gasteiger charge is 2.21. The Balaban J connectivity index is 2.18. The predicted octanol–water partition coefficient (Wildman–Crippen LogP) is 2.32. The minimum Gasteiger partial charge on any atom is -0.373 e. The topological polar surface area (TPSA) is 53.1 Å². The van der Waals surface area contributed by atoms with Gasteiger partial charge >= 0.3 is 0 Å². The largest absolute Gasteiger partial charge is 0.373 e. The molecule has 0 bridgehead atoms. The van der Waals surface area contributed by atoms with Crippen molar-refractivity contribution in [3.05, 3.63) is 11.9 Å². The lowest BCUT2D eigenvalue weighted by molar-refractivity contribution is 0.260. The van der Waals surface area contributed by atoms with Crippen molar-refractivity contribution in [2.24, 2.45) is 0 Å². The van der Waals surface area contributed by atoms with E-state index < -0.39 is 0 Å². The third-order valence-electron chi connectivity index (χ3n) is 3.63. The van der Waals surface area contributed by atoms with Gasteiger partial charge in [0.05, 0.1) is 0 Å². The van der Waals surface area contributed by atoms with Crippen molar-refractivity contribution in [2.75, 3.05) is 37.8 Å². The van der Waals surface area contributed by atoms with E-state index in [0.717, 1.165) is 24.0 Å². The van der Waals surface area contributed by atoms with Gasteiger partial charge in [-0.1, -0.05) is 20.8 Å². The first-order chi connectivity index (χ1) is 9.38. The van der Waals surface area contributed by atoms with Gasteiger partial charge in [0.25, 0.3) is 0 Å². The molecule has 0 saturated carbocycles. The van der Waals surface area contributed by atoms with E-state index in [4.69, 9.17) is 4.98 Å². The second-order valence-electron chi connectivity index (χ2n) is 6.71. The van der Waals surface area contributed by atoms with Crippen LogP contribution >= 0.6 is 0 Å². The first-order valence-corrected chi connectivity index (χ1v) is 7.41. The predicted molar refractivity (Wildman–Crippen MR) is 84.4 cm³/mol. The number of nitrogens with one attached hydrogen (secondary N) is 2. The molecule has 1 saturated heterocycles. The van der Waals surface area contributed by atoms with Crippen LogP contribution in [0.4, 0.5) is 11.6 Å². The monoisotopic (exact) mass is 277 g/mol. The molecular formula is C15H27N5. The summed E-state index contributed by atoms with van der Waals surface area (Å²) in [6, 6.07) is 2.46. The number of piperidine rings is 1. The summed E-state index contributed by atoms with van der Waals surface area (Å²) in [5.74, 6) is 2.67. The highest BCUT2D eigenvalue weighted by atomic mass is 15.2. The fourth-order valence-corrected chi connectivity index (χ4v) is 2.48. The van der Waals surface area contributed by atoms with Crippen LogP contribution in [0.1, 0.15) is 39.4 Å². The van der Waals surface area contributed by atoms with Gasteiger partial charge in [-0.05, 0) is 26.4 Å². The summed E-state index contributed by atoms with van der Waals surface area (Å²) < 4.78 is 0. The van der Waals surface area contributed by atoms with Crippen LogP contribution in [-0.4, -0.2) is 48.1 Å². The summed E-state index contributed by atoms with van der Waals surface area (Å²) in [5, 5.41) is 6.69. The van der Waals surface area contributed by atoms with Crippen LogP contribution in [0.3, 0.4) is 0 Å². The SMILES string of the molecule is CNc1cc(NC2CCCN(C)C2)nc(C(C)(C)C)n1. The minimum atomic E-state index is -0.0490. The molecule has 0 aliphatic carbocycles. The number of anilines is 2. The van der Waals surface area contributed by atoms with Gasteiger partial charge in [0.2, 0.25) is 0 Å². The third kappa shape index (κ3) is 3.82. The van der Waals surface area contributed by atoms with Crippen LogP contribution in [0.15, 0.2) is 6.07 Å². The maximum atomic E-state index is 4.69. The molecule has 1 aliphatic rings. The molecular weight excluding hydrogens is 250 g/mol. The molecule has 20 heavy (non-hydrogen) atoms. The maximum Gasteiger partial charge on any atom is 0.138 e. The molecule has 1 fully saturated rings. The van der Waals surface area contributed by atoms with Crippen LogP contribution in [-0.2, 0) is 5.41 Å². The molecule has 1 aromatic heterocycles. The minimum absolute atomic E-state index is 0.0490. The fraction of sp³-hybridized carbons (Fsp3) is 0.733. The van der Waals surface area contributed by atoms with Gasteiger partial charge in [0.1, 0.15) is 17.5 Å². The second-order valence-corrected chi connectivity index (χ2v) is 6.71. The molecule has 0 aromatic carbocycles. The van der Waals surface area contributed by atoms with Crippen molar-refractivity contribution in [2.45, 2.75) is 45.1 Å². The van der Waals surface area contributed by atoms with Crippen LogP contribution < -0.4 is 10.6 Å². The quantitative estimate of drug-likeness (QED) is 0.888. The Kier molecular flexibility index (Phi) is 4.48. The number of aromatic nitrogens is 2. The summed E-state index contributed by atoms with van der Waals surface area (Å²) in [5.41, 5.74) is -0.0490. The van der Waals surface area contributed by atoms with Gasteiger partial charge in [-0.3, -0.25) is 0 Å². The van der Waals surface area contributed by atoms with E-state index in [-0.39, 0.29) is 5.41 Å². The van der Waals surface area contributed by atoms with Crippen LogP contribution in [0, 0.1) is 0 Å². The Morgan fingerprint density at radius 1 is 1.25 bits per heavy atom. The van der Waals surface area contributed by atoms with Crippen LogP contribution in [0.25, 0.3) is 0 Å². The van der Waals surface area contributed by atoms with E-state index in [1.54, 1.807) is 0 Å². The first-order valence-electron chi connectivity index (χ1n) is 7.41. The molecule has 5 heteroatoms. The Hall–Kier alpha value is -1.36. The molecule has 1 aliphatic heterocycles. The Morgan fingerprint density at radius 3 is 2.55 bits per heavy atom. The number of hydrogen-bond donors (Lipinski definition) is 2.